The van der Waals surface area contributed by atoms with Crippen molar-refractivity contribution in [2.45, 2.75) is 78.1 Å². The molecule has 1 aromatic rings. The molecule has 0 atom stereocenters. The molecule has 0 fully saturated rings. The van der Waals surface area contributed by atoms with E-state index in [1.165, 1.54) is 64.2 Å². The first-order chi connectivity index (χ1) is 10.8. The predicted octanol–water partition coefficient (Wildman–Crippen LogP) is 6.20. The number of anilines is 1. The molecule has 0 aliphatic carbocycles. The first-order valence-corrected chi connectivity index (χ1v) is 9.24. The molecule has 126 valence electrons. The highest BCUT2D eigenvalue weighted by Crippen LogP contribution is 2.21. The number of ether oxygens (including phenoxy) is 1. The van der Waals surface area contributed by atoms with Gasteiger partial charge in [0.1, 0.15) is 5.75 Å². The Morgan fingerprint density at radius 2 is 1.36 bits per heavy atom. The maximum absolute atomic E-state index is 5.98. The molecule has 0 spiro atoms. The van der Waals surface area contributed by atoms with Crippen molar-refractivity contribution in [1.82, 2.24) is 0 Å². The molecule has 0 saturated heterocycles. The number of hydrogen-bond donors (Lipinski definition) is 1. The third-order valence-corrected chi connectivity index (χ3v) is 4.30. The Morgan fingerprint density at radius 1 is 0.818 bits per heavy atom. The van der Waals surface area contributed by atoms with Crippen molar-refractivity contribution in [3.8, 4) is 5.75 Å². The number of benzene rings is 1. The number of nitrogens with two attached hydrogens (primary N) is 1. The fourth-order valence-corrected chi connectivity index (χ4v) is 2.81. The second-order valence-corrected chi connectivity index (χ2v) is 6.44. The first kappa shape index (κ1) is 18.9. The number of hydrogen-bond acceptors (Lipinski definition) is 2. The molecular weight excluding hydrogens is 270 g/mol. The summed E-state index contributed by atoms with van der Waals surface area (Å²) in [6, 6.07) is 7.76. The Morgan fingerprint density at radius 3 is 1.86 bits per heavy atom. The molecule has 0 saturated carbocycles. The first-order valence-electron chi connectivity index (χ1n) is 9.24. The summed E-state index contributed by atoms with van der Waals surface area (Å²) >= 11 is 0. The van der Waals surface area contributed by atoms with E-state index < -0.39 is 0 Å². The van der Waals surface area contributed by atoms with Gasteiger partial charge in [0.15, 0.2) is 0 Å². The van der Waals surface area contributed by atoms with E-state index in [4.69, 9.17) is 10.5 Å². The molecule has 0 aliphatic rings. The van der Waals surface area contributed by atoms with E-state index in [-0.39, 0.29) is 0 Å². The minimum absolute atomic E-state index is 0.700. The standard InChI is InChI=1S/C20H35NO/c1-3-5-7-9-11-18(12-10-8-6-4-2)17-22-20-15-13-19(21)14-16-20/h13-16,18H,3-12,17,21H2,1-2H3. The third kappa shape index (κ3) is 8.96. The van der Waals surface area contributed by atoms with Crippen molar-refractivity contribution in [3.63, 3.8) is 0 Å². The minimum atomic E-state index is 0.700. The van der Waals surface area contributed by atoms with Crippen LogP contribution in [-0.2, 0) is 0 Å². The van der Waals surface area contributed by atoms with Gasteiger partial charge in [-0.25, -0.2) is 0 Å². The fraction of sp³-hybridized carbons (Fsp3) is 0.700. The van der Waals surface area contributed by atoms with Crippen LogP contribution in [0.4, 0.5) is 5.69 Å². The van der Waals surface area contributed by atoms with Gasteiger partial charge in [0, 0.05) is 5.69 Å². The molecule has 1 aromatic carbocycles. The summed E-state index contributed by atoms with van der Waals surface area (Å²) < 4.78 is 5.98. The molecule has 2 heteroatoms. The lowest BCUT2D eigenvalue weighted by atomic mass is 9.95. The molecular formula is C20H35NO. The topological polar surface area (TPSA) is 35.2 Å². The smallest absolute Gasteiger partial charge is 0.119 e. The quantitative estimate of drug-likeness (QED) is 0.347. The van der Waals surface area contributed by atoms with Crippen molar-refractivity contribution >= 4 is 5.69 Å². The molecule has 1 rings (SSSR count). The molecule has 0 aliphatic heterocycles. The monoisotopic (exact) mass is 305 g/mol. The largest absolute Gasteiger partial charge is 0.493 e. The van der Waals surface area contributed by atoms with Gasteiger partial charge in [-0.1, -0.05) is 65.2 Å². The van der Waals surface area contributed by atoms with Crippen molar-refractivity contribution in [2.75, 3.05) is 12.3 Å². The van der Waals surface area contributed by atoms with Crippen LogP contribution >= 0.6 is 0 Å². The van der Waals surface area contributed by atoms with Gasteiger partial charge in [0.2, 0.25) is 0 Å². The highest BCUT2D eigenvalue weighted by molar-refractivity contribution is 5.41. The van der Waals surface area contributed by atoms with Crippen LogP contribution in [0.3, 0.4) is 0 Å². The molecule has 0 heterocycles. The maximum Gasteiger partial charge on any atom is 0.119 e. The summed E-state index contributed by atoms with van der Waals surface area (Å²) in [7, 11) is 0. The fourth-order valence-electron chi connectivity index (χ4n) is 2.81. The zero-order valence-corrected chi connectivity index (χ0v) is 14.7. The minimum Gasteiger partial charge on any atom is -0.493 e. The molecule has 22 heavy (non-hydrogen) atoms. The summed E-state index contributed by atoms with van der Waals surface area (Å²) in [4.78, 5) is 0. The van der Waals surface area contributed by atoms with Crippen LogP contribution in [0.2, 0.25) is 0 Å². The van der Waals surface area contributed by atoms with Gasteiger partial charge in [0.05, 0.1) is 6.61 Å². The molecule has 2 nitrogen and oxygen atoms in total. The molecule has 0 bridgehead atoms. The van der Waals surface area contributed by atoms with E-state index >= 15 is 0 Å². The van der Waals surface area contributed by atoms with Gasteiger partial charge in [-0.05, 0) is 43.0 Å². The normalized spacial score (nSPS) is 11.0. The zero-order valence-electron chi connectivity index (χ0n) is 14.7. The van der Waals surface area contributed by atoms with E-state index in [1.807, 2.05) is 24.3 Å². The second-order valence-electron chi connectivity index (χ2n) is 6.44. The summed E-state index contributed by atoms with van der Waals surface area (Å²) in [5, 5.41) is 0. The maximum atomic E-state index is 5.98. The zero-order chi connectivity index (χ0) is 16.0. The van der Waals surface area contributed by atoms with Gasteiger partial charge >= 0.3 is 0 Å². The number of rotatable bonds is 13. The lowest BCUT2D eigenvalue weighted by Gasteiger charge is -2.18. The van der Waals surface area contributed by atoms with Crippen LogP contribution in [0.1, 0.15) is 78.1 Å². The van der Waals surface area contributed by atoms with Crippen molar-refractivity contribution in [1.29, 1.82) is 0 Å². The summed E-state index contributed by atoms with van der Waals surface area (Å²) in [6.07, 6.45) is 13.4. The van der Waals surface area contributed by atoms with Gasteiger partial charge < -0.3 is 10.5 Å². The van der Waals surface area contributed by atoms with E-state index in [0.717, 1.165) is 18.0 Å². The predicted molar refractivity (Wildman–Crippen MR) is 97.4 cm³/mol. The van der Waals surface area contributed by atoms with E-state index in [0.29, 0.717) is 5.92 Å². The van der Waals surface area contributed by atoms with Crippen LogP contribution in [0.25, 0.3) is 0 Å². The van der Waals surface area contributed by atoms with Crippen LogP contribution in [0.15, 0.2) is 24.3 Å². The van der Waals surface area contributed by atoms with Crippen LogP contribution < -0.4 is 10.5 Å². The van der Waals surface area contributed by atoms with Gasteiger partial charge in [0.25, 0.3) is 0 Å². The van der Waals surface area contributed by atoms with Crippen molar-refractivity contribution in [3.05, 3.63) is 24.3 Å². The SMILES string of the molecule is CCCCCCC(CCCCCC)COc1ccc(N)cc1. The van der Waals surface area contributed by atoms with E-state index in [2.05, 4.69) is 13.8 Å². The van der Waals surface area contributed by atoms with Crippen molar-refractivity contribution < 1.29 is 4.74 Å². The van der Waals surface area contributed by atoms with Crippen LogP contribution in [-0.4, -0.2) is 6.61 Å². The molecule has 0 radical (unpaired) electrons. The lowest BCUT2D eigenvalue weighted by Crippen LogP contribution is -2.12. The molecule has 0 unspecified atom stereocenters. The summed E-state index contributed by atoms with van der Waals surface area (Å²) in [5.41, 5.74) is 6.51. The van der Waals surface area contributed by atoms with Gasteiger partial charge in [-0.15, -0.1) is 0 Å². The molecule has 0 amide bonds. The van der Waals surface area contributed by atoms with Gasteiger partial charge in [-0.2, -0.15) is 0 Å². The van der Waals surface area contributed by atoms with E-state index in [1.54, 1.807) is 0 Å². The Balaban J connectivity index is 2.33. The van der Waals surface area contributed by atoms with Crippen LogP contribution in [0.5, 0.6) is 5.75 Å². The highest BCUT2D eigenvalue weighted by atomic mass is 16.5. The lowest BCUT2D eigenvalue weighted by molar-refractivity contribution is 0.224. The Hall–Kier alpha value is -1.18. The second kappa shape index (κ2) is 12.4. The highest BCUT2D eigenvalue weighted by Gasteiger charge is 2.10. The Kier molecular flexibility index (Phi) is 10.6. The van der Waals surface area contributed by atoms with Crippen LogP contribution in [0, 0.1) is 5.92 Å². The number of nitrogen functional groups attached to an aromatic ring is 1. The van der Waals surface area contributed by atoms with Gasteiger partial charge in [-0.3, -0.25) is 0 Å². The Bertz CT molecular complexity index is 348. The van der Waals surface area contributed by atoms with E-state index in [9.17, 15) is 0 Å². The average Bonchev–Trinajstić information content (AvgIpc) is 2.54. The molecule has 0 aromatic heterocycles. The Labute approximate surface area is 137 Å². The number of unbranched alkanes of at least 4 members (excludes halogenated alkanes) is 6. The van der Waals surface area contributed by atoms with Crippen molar-refractivity contribution in [2.24, 2.45) is 5.92 Å². The average molecular weight is 306 g/mol. The third-order valence-electron chi connectivity index (χ3n) is 4.30. The molecule has 2 N–H and O–H groups in total. The summed E-state index contributed by atoms with van der Waals surface area (Å²) in [6.45, 7) is 5.39. The summed E-state index contributed by atoms with van der Waals surface area (Å²) in [5.74, 6) is 1.65.